The van der Waals surface area contributed by atoms with Crippen molar-refractivity contribution in [2.75, 3.05) is 16.8 Å². The molecule has 0 N–H and O–H groups in total. The van der Waals surface area contributed by atoms with Crippen LogP contribution in [-0.2, 0) is 4.79 Å². The summed E-state index contributed by atoms with van der Waals surface area (Å²) >= 11 is 0. The average Bonchev–Trinajstić information content (AvgIpc) is 3.74. The zero-order valence-electron chi connectivity index (χ0n) is 31.3. The molecule has 268 valence electrons. The Balaban J connectivity index is 1.65. The summed E-state index contributed by atoms with van der Waals surface area (Å²) in [5.74, 6) is -0.0898. The summed E-state index contributed by atoms with van der Waals surface area (Å²) in [5, 5.41) is 0. The summed E-state index contributed by atoms with van der Waals surface area (Å²) in [6.07, 6.45) is 38.4. The maximum Gasteiger partial charge on any atom is 0.191 e. The van der Waals surface area contributed by atoms with Crippen LogP contribution in [0.2, 0.25) is 0 Å². The van der Waals surface area contributed by atoms with Crippen LogP contribution in [0.15, 0.2) is 200 Å². The first-order valence-corrected chi connectivity index (χ1v) is 18.4. The fourth-order valence-corrected chi connectivity index (χ4v) is 6.81. The molecule has 3 aliphatic carbocycles. The number of para-hydroxylation sites is 1. The lowest BCUT2D eigenvalue weighted by Gasteiger charge is -2.31. The Kier molecular flexibility index (Phi) is 12.3. The molecule has 0 aromatic heterocycles. The molecule has 3 aromatic rings. The van der Waals surface area contributed by atoms with Gasteiger partial charge in [0.15, 0.2) is 11.6 Å². The highest BCUT2D eigenvalue weighted by molar-refractivity contribution is 6.14. The van der Waals surface area contributed by atoms with Gasteiger partial charge < -0.3 is 9.80 Å². The normalized spacial score (nSPS) is 15.4. The average molecular weight is 707 g/mol. The van der Waals surface area contributed by atoms with E-state index in [1.54, 1.807) is 13.0 Å². The van der Waals surface area contributed by atoms with Crippen LogP contribution in [0.3, 0.4) is 0 Å². The zero-order chi connectivity index (χ0) is 37.9. The van der Waals surface area contributed by atoms with Gasteiger partial charge in [-0.15, -0.1) is 0 Å². The van der Waals surface area contributed by atoms with Gasteiger partial charge in [0, 0.05) is 40.8 Å². The first-order chi connectivity index (χ1) is 26.4. The first kappa shape index (κ1) is 37.2. The van der Waals surface area contributed by atoms with Crippen LogP contribution in [0.25, 0.3) is 11.1 Å². The Hall–Kier alpha value is -6.52. The van der Waals surface area contributed by atoms with Crippen molar-refractivity contribution in [3.63, 3.8) is 0 Å². The van der Waals surface area contributed by atoms with E-state index in [0.29, 0.717) is 29.6 Å². The minimum absolute atomic E-state index is 0.0362. The Morgan fingerprint density at radius 1 is 0.778 bits per heavy atom. The highest BCUT2D eigenvalue weighted by Crippen LogP contribution is 2.41. The van der Waals surface area contributed by atoms with Gasteiger partial charge in [0.2, 0.25) is 0 Å². The number of anilines is 4. The highest BCUT2D eigenvalue weighted by atomic mass is 16.1. The van der Waals surface area contributed by atoms with E-state index in [-0.39, 0.29) is 11.6 Å². The standard InChI is InChI=1S/C50H46N2O2/c1-5-21-38(22-6-2)41-33-42(39-23-13-7-8-14-24-39)35-45(34-41)52(49-30-20-12-19-29-46(49)37(3)53)44-31-32-48(51(4)43-27-17-11-18-28-43)47(36-44)50(54)40-25-15-9-10-16-26-40/h5-7,9-18,20-25,27-36H,1,8,19,26H2,2-4H3/b22-6-,38-21+. The van der Waals surface area contributed by atoms with Crippen molar-refractivity contribution < 1.29 is 9.59 Å². The van der Waals surface area contributed by atoms with E-state index in [0.717, 1.165) is 57.1 Å². The van der Waals surface area contributed by atoms with Crippen LogP contribution in [0.1, 0.15) is 54.6 Å². The van der Waals surface area contributed by atoms with E-state index in [1.165, 1.54) is 0 Å². The van der Waals surface area contributed by atoms with E-state index in [9.17, 15) is 9.59 Å². The van der Waals surface area contributed by atoms with Crippen LogP contribution < -0.4 is 9.80 Å². The molecule has 0 unspecified atom stereocenters. The Bertz CT molecular complexity index is 2260. The van der Waals surface area contributed by atoms with Gasteiger partial charge in [-0.1, -0.05) is 128 Å². The molecule has 0 bridgehead atoms. The lowest BCUT2D eigenvalue weighted by Crippen LogP contribution is -2.22. The second-order valence-corrected chi connectivity index (χ2v) is 13.2. The van der Waals surface area contributed by atoms with Crippen molar-refractivity contribution in [2.45, 2.75) is 33.1 Å². The molecule has 4 heteroatoms. The Labute approximate surface area is 320 Å². The molecule has 0 saturated carbocycles. The van der Waals surface area contributed by atoms with Crippen LogP contribution in [0.5, 0.6) is 0 Å². The number of allylic oxidation sites excluding steroid dienone is 22. The van der Waals surface area contributed by atoms with E-state index in [2.05, 4.69) is 71.0 Å². The maximum atomic E-state index is 14.7. The first-order valence-electron chi connectivity index (χ1n) is 18.4. The van der Waals surface area contributed by atoms with Gasteiger partial charge in [0.1, 0.15) is 0 Å². The highest BCUT2D eigenvalue weighted by Gasteiger charge is 2.26. The molecule has 0 aliphatic heterocycles. The minimum atomic E-state index is -0.0536. The third-order valence-electron chi connectivity index (χ3n) is 9.49. The Morgan fingerprint density at radius 3 is 2.39 bits per heavy atom. The molecule has 0 saturated heterocycles. The third-order valence-corrected chi connectivity index (χ3v) is 9.49. The molecule has 0 radical (unpaired) electrons. The third kappa shape index (κ3) is 8.57. The topological polar surface area (TPSA) is 40.6 Å². The van der Waals surface area contributed by atoms with Crippen LogP contribution in [0.4, 0.5) is 22.7 Å². The van der Waals surface area contributed by atoms with Gasteiger partial charge in [0.05, 0.1) is 11.4 Å². The number of ketones is 2. The van der Waals surface area contributed by atoms with Gasteiger partial charge >= 0.3 is 0 Å². The molecular weight excluding hydrogens is 661 g/mol. The maximum absolute atomic E-state index is 14.7. The van der Waals surface area contributed by atoms with Crippen LogP contribution >= 0.6 is 0 Å². The molecule has 3 aliphatic rings. The number of hydrogen-bond donors (Lipinski definition) is 0. The summed E-state index contributed by atoms with van der Waals surface area (Å²) in [6.45, 7) is 7.62. The SMILES string of the molecule is C=C/C=C(\C=C/C)c1cc(C2=CC=CCC=C2)cc(N(C2=CC=CCC=C2C(C)=O)c2ccc(N(C)c3ccccc3)c(C(=O)C3=CC=CC=CC3)c2)c1. The van der Waals surface area contributed by atoms with E-state index >= 15 is 0 Å². The van der Waals surface area contributed by atoms with Gasteiger partial charge in [-0.05, 0) is 110 Å². The lowest BCUT2D eigenvalue weighted by molar-refractivity contribution is -0.113. The van der Waals surface area contributed by atoms with Crippen molar-refractivity contribution >= 4 is 45.5 Å². The van der Waals surface area contributed by atoms with Crippen LogP contribution in [0, 0.1) is 0 Å². The number of rotatable bonds is 12. The van der Waals surface area contributed by atoms with Crippen molar-refractivity contribution in [2.24, 2.45) is 0 Å². The zero-order valence-corrected chi connectivity index (χ0v) is 31.3. The summed E-state index contributed by atoms with van der Waals surface area (Å²) in [5.41, 5.74) is 10.0. The molecule has 3 aromatic carbocycles. The largest absolute Gasteiger partial charge is 0.344 e. The number of carbonyl (C=O) groups is 2. The van der Waals surface area contributed by atoms with Crippen molar-refractivity contribution in [3.05, 3.63) is 216 Å². The summed E-state index contributed by atoms with van der Waals surface area (Å²) in [4.78, 5) is 32.3. The van der Waals surface area contributed by atoms with Gasteiger partial charge in [0.25, 0.3) is 0 Å². The summed E-state index contributed by atoms with van der Waals surface area (Å²) < 4.78 is 0. The molecule has 4 nitrogen and oxygen atoms in total. The predicted octanol–water partition coefficient (Wildman–Crippen LogP) is 12.6. The van der Waals surface area contributed by atoms with Crippen molar-refractivity contribution in [1.82, 2.24) is 0 Å². The van der Waals surface area contributed by atoms with E-state index in [1.807, 2.05) is 129 Å². The number of carbonyl (C=O) groups excluding carboxylic acids is 2. The fourth-order valence-electron chi connectivity index (χ4n) is 6.81. The molecule has 0 atom stereocenters. The Morgan fingerprint density at radius 2 is 1.59 bits per heavy atom. The number of Topliss-reactive ketones (excluding diaryl/α,β-unsaturated/α-hetero) is 2. The molecular formula is C50H46N2O2. The molecule has 0 fully saturated rings. The second-order valence-electron chi connectivity index (χ2n) is 13.2. The summed E-state index contributed by atoms with van der Waals surface area (Å²) in [6, 6.07) is 22.6. The lowest BCUT2D eigenvalue weighted by atomic mass is 9.94. The van der Waals surface area contributed by atoms with Gasteiger partial charge in [-0.25, -0.2) is 0 Å². The van der Waals surface area contributed by atoms with E-state index in [4.69, 9.17) is 0 Å². The van der Waals surface area contributed by atoms with Gasteiger partial charge in [-0.3, -0.25) is 9.59 Å². The summed E-state index contributed by atoms with van der Waals surface area (Å²) in [7, 11) is 1.99. The molecule has 0 heterocycles. The fraction of sp³-hybridized carbons (Fsp3) is 0.120. The van der Waals surface area contributed by atoms with Crippen molar-refractivity contribution in [1.29, 1.82) is 0 Å². The van der Waals surface area contributed by atoms with Gasteiger partial charge in [-0.2, -0.15) is 0 Å². The predicted molar refractivity (Wildman–Crippen MR) is 229 cm³/mol. The number of benzene rings is 3. The van der Waals surface area contributed by atoms with Crippen molar-refractivity contribution in [3.8, 4) is 0 Å². The molecule has 0 spiro atoms. The molecule has 0 amide bonds. The minimum Gasteiger partial charge on any atom is -0.344 e. The van der Waals surface area contributed by atoms with E-state index < -0.39 is 0 Å². The molecule has 6 rings (SSSR count). The monoisotopic (exact) mass is 706 g/mol. The van der Waals surface area contributed by atoms with Crippen LogP contribution in [-0.4, -0.2) is 18.6 Å². The smallest absolute Gasteiger partial charge is 0.191 e. The molecule has 54 heavy (non-hydrogen) atoms. The number of hydrogen-bond acceptors (Lipinski definition) is 4. The quantitative estimate of drug-likeness (QED) is 0.139. The number of nitrogens with zero attached hydrogens (tertiary/aromatic N) is 2. The second kappa shape index (κ2) is 17.8.